The lowest BCUT2D eigenvalue weighted by Crippen LogP contribution is -2.35. The summed E-state index contributed by atoms with van der Waals surface area (Å²) in [5.41, 5.74) is 5.16. The van der Waals surface area contributed by atoms with Gasteiger partial charge >= 0.3 is 5.97 Å². The van der Waals surface area contributed by atoms with Crippen LogP contribution in [0.15, 0.2) is 54.6 Å². The second-order valence-electron chi connectivity index (χ2n) is 4.76. The molecule has 2 aromatic carbocycles. The molecule has 0 heterocycles. The van der Waals surface area contributed by atoms with Gasteiger partial charge in [0, 0.05) is 0 Å². The molecular formula is C17H16N2O5. The topological polar surface area (TPSA) is 108 Å². The van der Waals surface area contributed by atoms with Crippen LogP contribution in [0.5, 0.6) is 11.5 Å². The second kappa shape index (κ2) is 8.33. The van der Waals surface area contributed by atoms with E-state index in [9.17, 15) is 14.4 Å². The highest BCUT2D eigenvalue weighted by molar-refractivity contribution is 5.92. The Morgan fingerprint density at radius 3 is 2.17 bits per heavy atom. The minimum atomic E-state index is -0.677. The molecule has 0 aliphatic heterocycles. The Bertz CT molecular complexity index is 714. The van der Waals surface area contributed by atoms with Crippen LogP contribution in [-0.2, 0) is 14.3 Å². The zero-order chi connectivity index (χ0) is 17.4. The fraction of sp³-hybridized carbons (Fsp3) is 0.118. The van der Waals surface area contributed by atoms with Gasteiger partial charge in [0.2, 0.25) is 5.91 Å². The van der Waals surface area contributed by atoms with Crippen molar-refractivity contribution in [2.75, 3.05) is 13.2 Å². The molecule has 0 unspecified atom stereocenters. The zero-order valence-corrected chi connectivity index (χ0v) is 12.7. The van der Waals surface area contributed by atoms with Crippen molar-refractivity contribution in [3.63, 3.8) is 0 Å². The number of amides is 2. The van der Waals surface area contributed by atoms with E-state index in [1.165, 1.54) is 12.1 Å². The molecule has 0 aliphatic carbocycles. The Morgan fingerprint density at radius 2 is 1.54 bits per heavy atom. The summed E-state index contributed by atoms with van der Waals surface area (Å²) in [7, 11) is 0. The predicted octanol–water partition coefficient (Wildman–Crippen LogP) is 1.24. The van der Waals surface area contributed by atoms with Crippen LogP contribution >= 0.6 is 0 Å². The molecule has 0 bridgehead atoms. The lowest BCUT2D eigenvalue weighted by molar-refractivity contribution is -0.127. The van der Waals surface area contributed by atoms with Crippen molar-refractivity contribution in [2.45, 2.75) is 0 Å². The fourth-order valence-corrected chi connectivity index (χ4v) is 1.73. The SMILES string of the molecule is NC(=O)CNC(=O)COC(=O)c1ccc(Oc2ccccc2)cc1. The van der Waals surface area contributed by atoms with Crippen molar-refractivity contribution in [1.29, 1.82) is 0 Å². The second-order valence-corrected chi connectivity index (χ2v) is 4.76. The van der Waals surface area contributed by atoms with Crippen LogP contribution in [0.4, 0.5) is 0 Å². The highest BCUT2D eigenvalue weighted by atomic mass is 16.5. The third-order valence-corrected chi connectivity index (χ3v) is 2.86. The smallest absolute Gasteiger partial charge is 0.338 e. The molecule has 7 heteroatoms. The number of hydrogen-bond acceptors (Lipinski definition) is 5. The monoisotopic (exact) mass is 328 g/mol. The summed E-state index contributed by atoms with van der Waals surface area (Å²) in [6.45, 7) is -0.795. The maximum atomic E-state index is 11.8. The first-order chi connectivity index (χ1) is 11.5. The van der Waals surface area contributed by atoms with Crippen LogP contribution in [0.25, 0.3) is 0 Å². The average Bonchev–Trinajstić information content (AvgIpc) is 2.59. The summed E-state index contributed by atoms with van der Waals surface area (Å²) in [4.78, 5) is 33.7. The summed E-state index contributed by atoms with van der Waals surface area (Å²) in [6, 6.07) is 15.5. The molecule has 0 saturated carbocycles. The molecule has 124 valence electrons. The summed E-state index contributed by atoms with van der Waals surface area (Å²) in [5.74, 6) is -0.693. The normalized spacial score (nSPS) is 9.83. The van der Waals surface area contributed by atoms with Gasteiger partial charge in [-0.2, -0.15) is 0 Å². The number of nitrogens with two attached hydrogens (primary N) is 1. The van der Waals surface area contributed by atoms with Gasteiger partial charge in [-0.1, -0.05) is 18.2 Å². The number of carbonyl (C=O) groups is 3. The molecule has 0 atom stereocenters. The minimum Gasteiger partial charge on any atom is -0.457 e. The lowest BCUT2D eigenvalue weighted by Gasteiger charge is -2.07. The lowest BCUT2D eigenvalue weighted by atomic mass is 10.2. The van der Waals surface area contributed by atoms with Gasteiger partial charge in [0.05, 0.1) is 12.1 Å². The molecular weight excluding hydrogens is 312 g/mol. The fourth-order valence-electron chi connectivity index (χ4n) is 1.73. The largest absolute Gasteiger partial charge is 0.457 e. The molecule has 0 aromatic heterocycles. The number of hydrogen-bond donors (Lipinski definition) is 2. The zero-order valence-electron chi connectivity index (χ0n) is 12.7. The predicted molar refractivity (Wildman–Crippen MR) is 85.4 cm³/mol. The number of benzene rings is 2. The van der Waals surface area contributed by atoms with Crippen LogP contribution in [0.1, 0.15) is 10.4 Å². The first-order valence-electron chi connectivity index (χ1n) is 7.09. The van der Waals surface area contributed by atoms with E-state index in [0.717, 1.165) is 0 Å². The molecule has 2 aromatic rings. The number of ether oxygens (including phenoxy) is 2. The van der Waals surface area contributed by atoms with E-state index in [-0.39, 0.29) is 12.1 Å². The molecule has 7 nitrogen and oxygen atoms in total. The van der Waals surface area contributed by atoms with E-state index >= 15 is 0 Å². The third-order valence-electron chi connectivity index (χ3n) is 2.86. The van der Waals surface area contributed by atoms with Gasteiger partial charge in [-0.15, -0.1) is 0 Å². The van der Waals surface area contributed by atoms with E-state index in [1.54, 1.807) is 12.1 Å². The van der Waals surface area contributed by atoms with Gasteiger partial charge < -0.3 is 20.5 Å². The van der Waals surface area contributed by atoms with Crippen LogP contribution < -0.4 is 15.8 Å². The highest BCUT2D eigenvalue weighted by Crippen LogP contribution is 2.21. The molecule has 24 heavy (non-hydrogen) atoms. The summed E-state index contributed by atoms with van der Waals surface area (Å²) in [5, 5.41) is 2.21. The Kier molecular flexibility index (Phi) is 5.90. The number of primary amides is 1. The number of esters is 1. The van der Waals surface area contributed by atoms with Crippen molar-refractivity contribution in [3.05, 3.63) is 60.2 Å². The average molecular weight is 328 g/mol. The number of nitrogens with one attached hydrogen (secondary N) is 1. The standard InChI is InChI=1S/C17H16N2O5/c18-15(20)10-19-16(21)11-23-17(22)12-6-8-14(9-7-12)24-13-4-2-1-3-5-13/h1-9H,10-11H2,(H2,18,20)(H,19,21). The van der Waals surface area contributed by atoms with E-state index in [0.29, 0.717) is 11.5 Å². The molecule has 3 N–H and O–H groups in total. The Hall–Kier alpha value is -3.35. The maximum Gasteiger partial charge on any atom is 0.338 e. The number of para-hydroxylation sites is 1. The van der Waals surface area contributed by atoms with E-state index in [4.69, 9.17) is 15.2 Å². The Morgan fingerprint density at radius 1 is 0.917 bits per heavy atom. The molecule has 2 rings (SSSR count). The first kappa shape index (κ1) is 17.0. The van der Waals surface area contributed by atoms with Crippen LogP contribution in [0.3, 0.4) is 0 Å². The highest BCUT2D eigenvalue weighted by Gasteiger charge is 2.10. The maximum absolute atomic E-state index is 11.8. The van der Waals surface area contributed by atoms with Crippen molar-refractivity contribution in [1.82, 2.24) is 5.32 Å². The van der Waals surface area contributed by atoms with Gasteiger partial charge in [-0.3, -0.25) is 9.59 Å². The molecule has 0 spiro atoms. The molecule has 2 amide bonds. The molecule has 0 saturated heterocycles. The first-order valence-corrected chi connectivity index (χ1v) is 7.09. The minimum absolute atomic E-state index is 0.276. The van der Waals surface area contributed by atoms with Crippen LogP contribution in [-0.4, -0.2) is 30.9 Å². The van der Waals surface area contributed by atoms with Crippen molar-refractivity contribution in [3.8, 4) is 11.5 Å². The van der Waals surface area contributed by atoms with Crippen molar-refractivity contribution >= 4 is 17.8 Å². The van der Waals surface area contributed by atoms with Gasteiger partial charge in [0.1, 0.15) is 11.5 Å². The van der Waals surface area contributed by atoms with Gasteiger partial charge in [-0.05, 0) is 36.4 Å². The number of rotatable bonds is 7. The van der Waals surface area contributed by atoms with E-state index in [1.807, 2.05) is 30.3 Å². The summed E-state index contributed by atoms with van der Waals surface area (Å²) in [6.07, 6.45) is 0. The van der Waals surface area contributed by atoms with Crippen molar-refractivity contribution < 1.29 is 23.9 Å². The van der Waals surface area contributed by atoms with E-state index < -0.39 is 24.4 Å². The quantitative estimate of drug-likeness (QED) is 0.743. The molecule has 0 radical (unpaired) electrons. The summed E-state index contributed by atoms with van der Waals surface area (Å²) < 4.78 is 10.4. The van der Waals surface area contributed by atoms with Gasteiger partial charge in [0.25, 0.3) is 5.91 Å². The van der Waals surface area contributed by atoms with E-state index in [2.05, 4.69) is 5.32 Å². The Balaban J connectivity index is 1.85. The van der Waals surface area contributed by atoms with Crippen molar-refractivity contribution in [2.24, 2.45) is 5.73 Å². The summed E-state index contributed by atoms with van der Waals surface area (Å²) >= 11 is 0. The number of carbonyl (C=O) groups excluding carboxylic acids is 3. The van der Waals surface area contributed by atoms with Gasteiger partial charge in [0.15, 0.2) is 6.61 Å². The van der Waals surface area contributed by atoms with Crippen LogP contribution in [0.2, 0.25) is 0 Å². The van der Waals surface area contributed by atoms with Crippen LogP contribution in [0, 0.1) is 0 Å². The third kappa shape index (κ3) is 5.45. The molecule has 0 fully saturated rings. The Labute approximate surface area is 138 Å². The molecule has 0 aliphatic rings. The van der Waals surface area contributed by atoms with Gasteiger partial charge in [-0.25, -0.2) is 4.79 Å².